The van der Waals surface area contributed by atoms with Gasteiger partial charge in [0.25, 0.3) is 0 Å². The molecule has 0 spiro atoms. The fourth-order valence-corrected chi connectivity index (χ4v) is 2.02. The second-order valence-electron chi connectivity index (χ2n) is 4.90. The van der Waals surface area contributed by atoms with E-state index in [0.717, 1.165) is 0 Å². The van der Waals surface area contributed by atoms with Gasteiger partial charge in [-0.1, -0.05) is 39.0 Å². The van der Waals surface area contributed by atoms with Crippen molar-refractivity contribution in [3.8, 4) is 0 Å². The summed E-state index contributed by atoms with van der Waals surface area (Å²) in [6.45, 7) is 6.96. The molecule has 0 saturated carbocycles. The predicted octanol–water partition coefficient (Wildman–Crippen LogP) is 3.46. The molecule has 1 atom stereocenters. The Balaban J connectivity index is 2.19. The molecule has 14 heavy (non-hydrogen) atoms. The molecule has 1 aromatic carbocycles. The molecule has 0 bridgehead atoms. The summed E-state index contributed by atoms with van der Waals surface area (Å²) in [6.07, 6.45) is 2.40. The van der Waals surface area contributed by atoms with Gasteiger partial charge in [0.2, 0.25) is 0 Å². The normalized spacial score (nSPS) is 20.4. The zero-order valence-electron chi connectivity index (χ0n) is 9.30. The van der Waals surface area contributed by atoms with Gasteiger partial charge in [-0.3, -0.25) is 0 Å². The molecule has 0 aromatic heterocycles. The van der Waals surface area contributed by atoms with Crippen LogP contribution in [0.2, 0.25) is 0 Å². The van der Waals surface area contributed by atoms with E-state index in [1.807, 2.05) is 0 Å². The molecule has 1 heterocycles. The molecule has 1 aliphatic rings. The highest BCUT2D eigenvalue weighted by Gasteiger charge is 2.32. The topological polar surface area (TPSA) is 12.0 Å². The van der Waals surface area contributed by atoms with E-state index < -0.39 is 0 Å². The number of rotatable bonds is 2. The minimum atomic E-state index is 0.388. The first-order valence-electron chi connectivity index (χ1n) is 5.48. The zero-order chi connectivity index (χ0) is 10.2. The van der Waals surface area contributed by atoms with Crippen LogP contribution < -0.4 is 5.32 Å². The number of anilines is 1. The van der Waals surface area contributed by atoms with E-state index in [-0.39, 0.29) is 0 Å². The van der Waals surface area contributed by atoms with Crippen molar-refractivity contribution >= 4 is 5.69 Å². The van der Waals surface area contributed by atoms with Gasteiger partial charge in [0.1, 0.15) is 0 Å². The molecular weight excluding hydrogens is 170 g/mol. The van der Waals surface area contributed by atoms with Crippen molar-refractivity contribution in [1.82, 2.24) is 0 Å². The number of hydrogen-bond donors (Lipinski definition) is 1. The Morgan fingerprint density at radius 3 is 2.71 bits per heavy atom. The molecule has 0 aliphatic carbocycles. The maximum absolute atomic E-state index is 3.63. The van der Waals surface area contributed by atoms with Gasteiger partial charge in [-0.2, -0.15) is 0 Å². The van der Waals surface area contributed by atoms with Gasteiger partial charge in [0.05, 0.1) is 0 Å². The van der Waals surface area contributed by atoms with Crippen LogP contribution in [0.25, 0.3) is 0 Å². The third kappa shape index (κ3) is 1.52. The molecule has 1 nitrogen and oxygen atoms in total. The molecule has 1 N–H and O–H groups in total. The van der Waals surface area contributed by atoms with Crippen LogP contribution in [0, 0.1) is 5.41 Å². The number of hydrogen-bond acceptors (Lipinski definition) is 1. The maximum Gasteiger partial charge on any atom is 0.0375 e. The van der Waals surface area contributed by atoms with Crippen LogP contribution in [0.3, 0.4) is 0 Å². The lowest BCUT2D eigenvalue weighted by Gasteiger charge is -2.30. The third-order valence-corrected chi connectivity index (χ3v) is 3.63. The first-order valence-corrected chi connectivity index (χ1v) is 5.48. The average Bonchev–Trinajstić information content (AvgIpc) is 2.61. The van der Waals surface area contributed by atoms with Crippen LogP contribution in [0.5, 0.6) is 0 Å². The fourth-order valence-electron chi connectivity index (χ4n) is 2.02. The highest BCUT2D eigenvalue weighted by molar-refractivity contribution is 5.57. The smallest absolute Gasteiger partial charge is 0.0375 e. The molecule has 2 rings (SSSR count). The molecule has 0 amide bonds. The van der Waals surface area contributed by atoms with E-state index in [0.29, 0.717) is 11.5 Å². The Labute approximate surface area is 86.5 Å². The fraction of sp³-hybridized carbons (Fsp3) is 0.538. The van der Waals surface area contributed by atoms with Crippen molar-refractivity contribution in [2.24, 2.45) is 5.41 Å². The van der Waals surface area contributed by atoms with E-state index in [4.69, 9.17) is 0 Å². The monoisotopic (exact) mass is 189 g/mol. The number of fused-ring (bicyclic) bond motifs is 1. The van der Waals surface area contributed by atoms with Crippen molar-refractivity contribution in [2.45, 2.75) is 39.7 Å². The maximum atomic E-state index is 3.63. The van der Waals surface area contributed by atoms with Crippen LogP contribution in [0.1, 0.15) is 32.8 Å². The van der Waals surface area contributed by atoms with Crippen LogP contribution in [-0.4, -0.2) is 6.04 Å². The minimum Gasteiger partial charge on any atom is -0.381 e. The standard InChI is InChI=1S/C13H19N/c1-4-13(2,3)12-9-10-7-5-6-8-11(10)14-12/h5-8,12,14H,4,9H2,1-3H3. The Hall–Kier alpha value is -0.980. The van der Waals surface area contributed by atoms with Crippen molar-refractivity contribution in [2.75, 3.05) is 5.32 Å². The van der Waals surface area contributed by atoms with Gasteiger partial charge < -0.3 is 5.32 Å². The van der Waals surface area contributed by atoms with Crippen LogP contribution in [0.4, 0.5) is 5.69 Å². The molecule has 0 fully saturated rings. The lowest BCUT2D eigenvalue weighted by atomic mass is 9.81. The molecule has 1 aliphatic heterocycles. The Bertz CT molecular complexity index is 303. The summed E-state index contributed by atoms with van der Waals surface area (Å²) in [5, 5.41) is 3.63. The zero-order valence-corrected chi connectivity index (χ0v) is 9.30. The molecule has 0 saturated heterocycles. The molecule has 76 valence electrons. The average molecular weight is 189 g/mol. The Morgan fingerprint density at radius 2 is 2.07 bits per heavy atom. The number of nitrogens with one attached hydrogen (secondary N) is 1. The van der Waals surface area contributed by atoms with E-state index in [2.05, 4.69) is 50.4 Å². The highest BCUT2D eigenvalue weighted by Crippen LogP contribution is 2.36. The van der Waals surface area contributed by atoms with Crippen molar-refractivity contribution in [1.29, 1.82) is 0 Å². The Kier molecular flexibility index (Phi) is 2.26. The third-order valence-electron chi connectivity index (χ3n) is 3.63. The van der Waals surface area contributed by atoms with E-state index in [1.165, 1.54) is 24.1 Å². The summed E-state index contributed by atoms with van der Waals surface area (Å²) in [7, 11) is 0. The molecule has 1 heteroatoms. The molecule has 1 unspecified atom stereocenters. The van der Waals surface area contributed by atoms with E-state index in [1.54, 1.807) is 0 Å². The van der Waals surface area contributed by atoms with Crippen molar-refractivity contribution < 1.29 is 0 Å². The van der Waals surface area contributed by atoms with Crippen LogP contribution in [-0.2, 0) is 6.42 Å². The molecule has 1 aromatic rings. The predicted molar refractivity (Wildman–Crippen MR) is 61.6 cm³/mol. The minimum absolute atomic E-state index is 0.388. The van der Waals surface area contributed by atoms with Gasteiger partial charge in [0, 0.05) is 11.7 Å². The van der Waals surface area contributed by atoms with Gasteiger partial charge in [-0.25, -0.2) is 0 Å². The lowest BCUT2D eigenvalue weighted by molar-refractivity contribution is 0.297. The summed E-state index contributed by atoms with van der Waals surface area (Å²) >= 11 is 0. The van der Waals surface area contributed by atoms with E-state index in [9.17, 15) is 0 Å². The van der Waals surface area contributed by atoms with Crippen LogP contribution in [0.15, 0.2) is 24.3 Å². The van der Waals surface area contributed by atoms with Crippen LogP contribution >= 0.6 is 0 Å². The lowest BCUT2D eigenvalue weighted by Crippen LogP contribution is -2.33. The van der Waals surface area contributed by atoms with Gasteiger partial charge in [-0.05, 0) is 29.9 Å². The van der Waals surface area contributed by atoms with Gasteiger partial charge in [-0.15, -0.1) is 0 Å². The molecular formula is C13H19N. The summed E-state index contributed by atoms with van der Waals surface area (Å²) < 4.78 is 0. The van der Waals surface area contributed by atoms with Gasteiger partial charge >= 0.3 is 0 Å². The quantitative estimate of drug-likeness (QED) is 0.751. The summed E-state index contributed by atoms with van der Waals surface area (Å²) in [5.41, 5.74) is 3.19. The van der Waals surface area contributed by atoms with Crippen molar-refractivity contribution in [3.63, 3.8) is 0 Å². The number of para-hydroxylation sites is 1. The largest absolute Gasteiger partial charge is 0.381 e. The Morgan fingerprint density at radius 1 is 1.36 bits per heavy atom. The second-order valence-corrected chi connectivity index (χ2v) is 4.90. The van der Waals surface area contributed by atoms with Gasteiger partial charge in [0.15, 0.2) is 0 Å². The second kappa shape index (κ2) is 3.30. The summed E-state index contributed by atoms with van der Waals surface area (Å²) in [4.78, 5) is 0. The SMILES string of the molecule is CCC(C)(C)C1Cc2ccccc2N1. The summed E-state index contributed by atoms with van der Waals surface area (Å²) in [5.74, 6) is 0. The summed E-state index contributed by atoms with van der Waals surface area (Å²) in [6, 6.07) is 9.24. The first kappa shape index (κ1) is 9.57. The van der Waals surface area contributed by atoms with Crippen molar-refractivity contribution in [3.05, 3.63) is 29.8 Å². The van der Waals surface area contributed by atoms with E-state index >= 15 is 0 Å². The highest BCUT2D eigenvalue weighted by atomic mass is 15.0. The first-order chi connectivity index (χ1) is 6.63. The number of benzene rings is 1. The molecule has 0 radical (unpaired) electrons.